The number of aromatic nitrogens is 6. The number of allylic oxidation sites excluding steroid dienone is 2. The Hall–Kier alpha value is -8.26. The second-order valence-electron chi connectivity index (χ2n) is 23.0. The molecule has 30 heteroatoms. The van der Waals surface area contributed by atoms with Gasteiger partial charge in [0.2, 0.25) is 19.0 Å². The SMILES string of the molecule is C.C.C.Cc1cccc2cccc(-c3ncc4c(N)nc(OC[C@@H]5CC(F)(F)CN5C)nc4c3F)c12.Cc1cccc2cccc(-c3ncc4c(N)nc(OC[C@@H]5CC(F)(F)CN5C)nc4c3F)c12.O=C(O)/C=C/CF.S.S.S.S.[C-]#[N+]C[C@@H](C)CCC.[C-]#[N+]C[C@@H](C)N(CC)C(=O)/C=C/CF. The van der Waals surface area contributed by atoms with Crippen molar-refractivity contribution in [2.24, 2.45) is 5.92 Å². The van der Waals surface area contributed by atoms with Gasteiger partial charge in [-0.1, -0.05) is 115 Å². The molecule has 102 heavy (non-hydrogen) atoms. The Morgan fingerprint density at radius 1 is 0.667 bits per heavy atom. The van der Waals surface area contributed by atoms with E-state index in [2.05, 4.69) is 53.4 Å². The molecular formula is C72H97F8N13O5S4. The van der Waals surface area contributed by atoms with Gasteiger partial charge >= 0.3 is 18.0 Å². The van der Waals surface area contributed by atoms with Gasteiger partial charge in [0.1, 0.15) is 66.7 Å². The number of carbonyl (C=O) groups is 2. The Morgan fingerprint density at radius 2 is 1.06 bits per heavy atom. The first-order valence-corrected chi connectivity index (χ1v) is 30.5. The number of pyridine rings is 2. The van der Waals surface area contributed by atoms with E-state index in [1.807, 2.05) is 100 Å². The fourth-order valence-electron chi connectivity index (χ4n) is 10.9. The van der Waals surface area contributed by atoms with Crippen molar-refractivity contribution in [1.29, 1.82) is 0 Å². The number of halogens is 8. The van der Waals surface area contributed by atoms with Crippen LogP contribution in [-0.2, 0) is 9.59 Å². The van der Waals surface area contributed by atoms with Gasteiger partial charge in [-0.3, -0.25) is 24.6 Å². The van der Waals surface area contributed by atoms with E-state index in [-0.39, 0.29) is 191 Å². The zero-order chi connectivity index (χ0) is 69.7. The average Bonchev–Trinajstić information content (AvgIpc) is 0.998. The number of aliphatic carboxylic acids is 1. The van der Waals surface area contributed by atoms with Crippen LogP contribution in [0.5, 0.6) is 12.0 Å². The molecule has 2 aliphatic rings. The monoisotopic (exact) mass is 1500 g/mol. The number of amides is 1. The number of fused-ring (bicyclic) bond motifs is 4. The molecule has 8 aromatic rings. The van der Waals surface area contributed by atoms with E-state index in [0.29, 0.717) is 30.1 Å². The predicted molar refractivity (Wildman–Crippen MR) is 415 cm³/mol. The van der Waals surface area contributed by atoms with Crippen molar-refractivity contribution in [2.45, 2.75) is 119 Å². The largest absolute Gasteiger partial charge is 0.478 e. The molecule has 0 aliphatic carbocycles. The summed E-state index contributed by atoms with van der Waals surface area (Å²) in [5, 5.41) is 12.0. The van der Waals surface area contributed by atoms with E-state index in [4.69, 9.17) is 39.2 Å². The molecule has 2 fully saturated rings. The second-order valence-corrected chi connectivity index (χ2v) is 23.0. The van der Waals surface area contributed by atoms with Gasteiger partial charge in [0.15, 0.2) is 11.6 Å². The normalized spacial score (nSPS) is 15.2. The molecule has 6 heterocycles. The van der Waals surface area contributed by atoms with Gasteiger partial charge in [-0.2, -0.15) is 73.9 Å². The van der Waals surface area contributed by atoms with Crippen molar-refractivity contribution in [1.82, 2.24) is 44.6 Å². The number of benzene rings is 4. The lowest BCUT2D eigenvalue weighted by atomic mass is 9.97. The van der Waals surface area contributed by atoms with Gasteiger partial charge in [0.25, 0.3) is 11.8 Å². The first kappa shape index (κ1) is 95.8. The van der Waals surface area contributed by atoms with Crippen LogP contribution in [0.25, 0.3) is 75.6 Å². The van der Waals surface area contributed by atoms with Crippen molar-refractivity contribution in [2.75, 3.05) is 84.8 Å². The van der Waals surface area contributed by atoms with Crippen LogP contribution in [0.15, 0.2) is 109 Å². The van der Waals surface area contributed by atoms with Gasteiger partial charge in [0.05, 0.1) is 23.9 Å². The predicted octanol–water partition coefficient (Wildman–Crippen LogP) is 16.2. The number of ether oxygens (including phenoxy) is 2. The molecule has 0 saturated carbocycles. The number of aryl methyl sites for hydroxylation is 2. The van der Waals surface area contributed by atoms with Crippen LogP contribution in [0, 0.1) is 44.5 Å². The van der Waals surface area contributed by atoms with Gasteiger partial charge in [0, 0.05) is 73.1 Å². The van der Waals surface area contributed by atoms with Gasteiger partial charge in [-0.25, -0.2) is 53.1 Å². The molecular weight excluding hydrogens is 1410 g/mol. The van der Waals surface area contributed by atoms with E-state index in [1.54, 1.807) is 19.0 Å². The molecule has 5 N–H and O–H groups in total. The summed E-state index contributed by atoms with van der Waals surface area (Å²) < 4.78 is 120. The zero-order valence-electron chi connectivity index (χ0n) is 56.1. The smallest absolute Gasteiger partial charge is 0.328 e. The summed E-state index contributed by atoms with van der Waals surface area (Å²) in [6.45, 7) is 24.4. The van der Waals surface area contributed by atoms with Crippen LogP contribution in [0.1, 0.15) is 86.8 Å². The summed E-state index contributed by atoms with van der Waals surface area (Å²) in [6, 6.07) is 21.5. The summed E-state index contributed by atoms with van der Waals surface area (Å²) in [7, 11) is 3.21. The molecule has 4 atom stereocenters. The molecule has 18 nitrogen and oxygen atoms in total. The van der Waals surface area contributed by atoms with Crippen LogP contribution in [0.2, 0.25) is 0 Å². The lowest BCUT2D eigenvalue weighted by Gasteiger charge is -2.22. The first-order chi connectivity index (χ1) is 45.2. The number of rotatable bonds is 18. The van der Waals surface area contributed by atoms with Crippen molar-refractivity contribution >= 4 is 121 Å². The quantitative estimate of drug-likeness (QED) is 0.0413. The number of hydrogen-bond donors (Lipinski definition) is 3. The molecule has 560 valence electrons. The van der Waals surface area contributed by atoms with E-state index < -0.39 is 54.9 Å². The Kier molecular flexibility index (Phi) is 42.2. The maximum Gasteiger partial charge on any atom is 0.328 e. The molecule has 0 bridgehead atoms. The molecule has 10 rings (SSSR count). The number of hydrogen-bond acceptors (Lipinski definition) is 14. The lowest BCUT2D eigenvalue weighted by Crippen LogP contribution is -2.38. The molecule has 0 radical (unpaired) electrons. The highest BCUT2D eigenvalue weighted by Crippen LogP contribution is 2.38. The highest BCUT2D eigenvalue weighted by Gasteiger charge is 2.44. The van der Waals surface area contributed by atoms with Crippen molar-refractivity contribution in [3.8, 4) is 34.5 Å². The molecule has 1 amide bonds. The molecule has 2 aliphatic heterocycles. The van der Waals surface area contributed by atoms with Crippen molar-refractivity contribution < 1.29 is 59.3 Å². The standard InChI is InChI=1S/2C24H22F3N5O.C10H15FN2O.C7H13N.C4H5FO2.3CH4.4H2S/c2*1-13-5-3-6-14-7-4-8-16(18(13)14)20-19(25)21-17(10-29-20)22(28)31-23(30-21)33-11-15-9-24(26,27)12-32(15)2;1-4-13(9(2)8-12-3)10(14)6-5-7-11;1-4-5-7(2)6-8-3;5-3-1-2-4(6)7;;;;;;;/h2*3-8,10,15H,9,11-12H2,1-2H3,(H2,28,30,31);5-6,9H,4,7-8H2,1-2H3;7H,4-6H2,1-2H3;1-2H,3H2,(H,6,7);3*1H4;4*1H2/b;;6-5+;;2-1+;;;;;;;/t2*15-;9-;7-;;;;;;;;/m0010......../s1. The van der Waals surface area contributed by atoms with E-state index in [0.717, 1.165) is 44.8 Å². The average molecular weight is 1500 g/mol. The fraction of sp³-hybridized carbons (Fsp3) is 0.417. The topological polar surface area (TPSA) is 221 Å². The van der Waals surface area contributed by atoms with Crippen molar-refractivity contribution in [3.05, 3.63) is 155 Å². The van der Waals surface area contributed by atoms with Crippen LogP contribution in [-0.4, -0.2) is 165 Å². The third-order valence-electron chi connectivity index (χ3n) is 15.6. The Balaban J connectivity index is 0. The minimum atomic E-state index is -2.77. The molecule has 0 spiro atoms. The third-order valence-corrected chi connectivity index (χ3v) is 15.6. The summed E-state index contributed by atoms with van der Waals surface area (Å²) >= 11 is 0. The summed E-state index contributed by atoms with van der Waals surface area (Å²) in [5.74, 6) is -7.56. The number of alkyl halides is 6. The van der Waals surface area contributed by atoms with Crippen LogP contribution in [0.3, 0.4) is 0 Å². The minimum absolute atomic E-state index is 0. The zero-order valence-corrected chi connectivity index (χ0v) is 60.1. The molecule has 0 unspecified atom stereocenters. The lowest BCUT2D eigenvalue weighted by molar-refractivity contribution is -0.131. The highest BCUT2D eigenvalue weighted by atomic mass is 32.1. The Labute approximate surface area is 621 Å². The Bertz CT molecular complexity index is 3920. The first-order valence-electron chi connectivity index (χ1n) is 30.5. The highest BCUT2D eigenvalue weighted by molar-refractivity contribution is 7.59. The summed E-state index contributed by atoms with van der Waals surface area (Å²) in [6.07, 6.45) is 8.72. The molecule has 2 saturated heterocycles. The fourth-order valence-corrected chi connectivity index (χ4v) is 10.9. The van der Waals surface area contributed by atoms with Gasteiger partial charge < -0.3 is 40.6 Å². The van der Waals surface area contributed by atoms with Gasteiger partial charge in [-0.05, 0) is 93.0 Å². The number of nitrogens with zero attached hydrogens (tertiary/aromatic N) is 11. The van der Waals surface area contributed by atoms with Gasteiger partial charge in [-0.15, -0.1) is 0 Å². The number of nitrogen functional groups attached to an aromatic ring is 2. The summed E-state index contributed by atoms with van der Waals surface area (Å²) in [5.41, 5.74) is 15.5. The summed E-state index contributed by atoms with van der Waals surface area (Å²) in [4.78, 5) is 57.3. The number of carboxylic acids is 1. The minimum Gasteiger partial charge on any atom is -0.478 e. The Morgan fingerprint density at radius 3 is 1.39 bits per heavy atom. The number of nitrogens with two attached hydrogens (primary N) is 2. The van der Waals surface area contributed by atoms with Crippen LogP contribution < -0.4 is 20.9 Å². The maximum absolute atomic E-state index is 15.7. The molecule has 4 aromatic heterocycles. The second kappa shape index (κ2) is 45.0. The van der Waals surface area contributed by atoms with E-state index >= 15 is 8.78 Å². The van der Waals surface area contributed by atoms with Crippen LogP contribution in [0.4, 0.5) is 46.8 Å². The number of carboxylic acid groups (broad SMARTS) is 1. The number of anilines is 2. The number of likely N-dealkylation sites (tertiary alicyclic amines) is 2. The molecule has 4 aromatic carbocycles. The van der Waals surface area contributed by atoms with E-state index in [9.17, 15) is 35.9 Å². The third kappa shape index (κ3) is 25.9. The van der Waals surface area contributed by atoms with Crippen molar-refractivity contribution in [3.63, 3.8) is 0 Å². The number of likely N-dealkylation sites (N-methyl/N-ethyl adjacent to an activating group) is 3. The number of carbonyl (C=O) groups excluding carboxylic acids is 1. The van der Waals surface area contributed by atoms with E-state index in [1.165, 1.54) is 47.2 Å². The van der Waals surface area contributed by atoms with Crippen LogP contribution >= 0.6 is 54.0 Å². The maximum atomic E-state index is 15.7.